The molecule has 0 aromatic heterocycles. The average Bonchev–Trinajstić information content (AvgIpc) is 2.32. The number of ether oxygens (including phenoxy) is 1. The zero-order chi connectivity index (χ0) is 12.5. The molecule has 0 aromatic rings. The fourth-order valence-electron chi connectivity index (χ4n) is 2.06. The van der Waals surface area contributed by atoms with Gasteiger partial charge in [-0.15, -0.1) is 6.58 Å². The van der Waals surface area contributed by atoms with E-state index in [9.17, 15) is 4.79 Å². The first kappa shape index (κ1) is 14.2. The summed E-state index contributed by atoms with van der Waals surface area (Å²) in [5, 5.41) is 3.06. The topological polar surface area (TPSA) is 64.3 Å². The molecule has 0 radical (unpaired) electrons. The van der Waals surface area contributed by atoms with Gasteiger partial charge in [-0.25, -0.2) is 0 Å². The first-order valence-electron chi connectivity index (χ1n) is 6.46. The Labute approximate surface area is 104 Å². The van der Waals surface area contributed by atoms with Gasteiger partial charge in [-0.3, -0.25) is 4.79 Å². The number of hydrogen-bond acceptors (Lipinski definition) is 3. The van der Waals surface area contributed by atoms with Crippen molar-refractivity contribution < 1.29 is 9.53 Å². The van der Waals surface area contributed by atoms with Crippen LogP contribution in [0.3, 0.4) is 0 Å². The van der Waals surface area contributed by atoms with Crippen molar-refractivity contribution in [1.82, 2.24) is 5.32 Å². The molecule has 1 saturated carbocycles. The molecule has 0 atom stereocenters. The molecule has 1 aliphatic rings. The summed E-state index contributed by atoms with van der Waals surface area (Å²) >= 11 is 0. The lowest BCUT2D eigenvalue weighted by atomic mass is 9.92. The van der Waals surface area contributed by atoms with Crippen molar-refractivity contribution in [3.05, 3.63) is 12.7 Å². The van der Waals surface area contributed by atoms with E-state index in [4.69, 9.17) is 10.5 Å². The Morgan fingerprint density at radius 1 is 1.41 bits per heavy atom. The maximum absolute atomic E-state index is 11.6. The first-order valence-corrected chi connectivity index (χ1v) is 6.46. The summed E-state index contributed by atoms with van der Waals surface area (Å²) in [5.74, 6) is 0.132. The van der Waals surface area contributed by atoms with Gasteiger partial charge in [-0.1, -0.05) is 6.08 Å². The van der Waals surface area contributed by atoms with Crippen molar-refractivity contribution in [2.24, 2.45) is 5.73 Å². The molecule has 0 bridgehead atoms. The number of carbonyl (C=O) groups is 1. The van der Waals surface area contributed by atoms with E-state index in [1.807, 2.05) is 0 Å². The van der Waals surface area contributed by atoms with Gasteiger partial charge >= 0.3 is 0 Å². The van der Waals surface area contributed by atoms with Gasteiger partial charge in [-0.2, -0.15) is 0 Å². The van der Waals surface area contributed by atoms with Crippen LogP contribution in [0.25, 0.3) is 0 Å². The van der Waals surface area contributed by atoms with Gasteiger partial charge in [0.25, 0.3) is 0 Å². The summed E-state index contributed by atoms with van der Waals surface area (Å²) in [4.78, 5) is 11.6. The molecule has 98 valence electrons. The Morgan fingerprint density at radius 3 is 2.76 bits per heavy atom. The lowest BCUT2D eigenvalue weighted by Crippen LogP contribution is -2.40. The van der Waals surface area contributed by atoms with Crippen LogP contribution in [0.5, 0.6) is 0 Å². The summed E-state index contributed by atoms with van der Waals surface area (Å²) < 4.78 is 5.22. The van der Waals surface area contributed by atoms with Crippen molar-refractivity contribution in [2.75, 3.05) is 13.2 Å². The minimum absolute atomic E-state index is 0.132. The van der Waals surface area contributed by atoms with E-state index in [-0.39, 0.29) is 5.91 Å². The average molecular weight is 240 g/mol. The van der Waals surface area contributed by atoms with E-state index in [1.54, 1.807) is 6.08 Å². The van der Waals surface area contributed by atoms with Gasteiger partial charge in [0.15, 0.2) is 0 Å². The molecule has 0 heterocycles. The number of amides is 1. The highest BCUT2D eigenvalue weighted by atomic mass is 16.5. The van der Waals surface area contributed by atoms with E-state index in [0.717, 1.165) is 32.1 Å². The third-order valence-electron chi connectivity index (χ3n) is 3.07. The number of nitrogens with one attached hydrogen (secondary N) is 1. The highest BCUT2D eigenvalue weighted by Gasteiger charge is 2.19. The second-order valence-corrected chi connectivity index (χ2v) is 4.65. The Bertz CT molecular complexity index is 236. The van der Waals surface area contributed by atoms with Crippen LogP contribution in [0.2, 0.25) is 0 Å². The molecule has 0 aromatic carbocycles. The Balaban J connectivity index is 2.02. The number of nitrogens with two attached hydrogens (primary N) is 1. The minimum Gasteiger partial charge on any atom is -0.377 e. The molecule has 1 rings (SSSR count). The standard InChI is InChI=1S/C13H24N2O2/c1-2-9-17-10-3-4-13(16)15-12-7-5-11(14)6-8-12/h2,11-12H,1,3-10,14H2,(H,15,16). The molecular formula is C13H24N2O2. The number of rotatable bonds is 7. The van der Waals surface area contributed by atoms with E-state index in [2.05, 4.69) is 11.9 Å². The quantitative estimate of drug-likeness (QED) is 0.521. The summed E-state index contributed by atoms with van der Waals surface area (Å²) in [6.07, 6.45) is 7.09. The normalized spacial score (nSPS) is 24.3. The van der Waals surface area contributed by atoms with Crippen LogP contribution in [0.15, 0.2) is 12.7 Å². The third-order valence-corrected chi connectivity index (χ3v) is 3.07. The summed E-state index contributed by atoms with van der Waals surface area (Å²) in [5.41, 5.74) is 5.82. The van der Waals surface area contributed by atoms with Crippen LogP contribution in [0.4, 0.5) is 0 Å². The van der Waals surface area contributed by atoms with Crippen LogP contribution in [-0.2, 0) is 9.53 Å². The molecule has 1 amide bonds. The van der Waals surface area contributed by atoms with Crippen LogP contribution in [-0.4, -0.2) is 31.2 Å². The molecular weight excluding hydrogens is 216 g/mol. The van der Waals surface area contributed by atoms with Gasteiger partial charge in [0.1, 0.15) is 0 Å². The Kier molecular flexibility index (Phi) is 6.89. The van der Waals surface area contributed by atoms with Gasteiger partial charge in [-0.05, 0) is 32.1 Å². The predicted molar refractivity (Wildman–Crippen MR) is 68.6 cm³/mol. The highest BCUT2D eigenvalue weighted by molar-refractivity contribution is 5.76. The zero-order valence-electron chi connectivity index (χ0n) is 10.5. The fraction of sp³-hybridized carbons (Fsp3) is 0.769. The lowest BCUT2D eigenvalue weighted by molar-refractivity contribution is -0.122. The summed E-state index contributed by atoms with van der Waals surface area (Å²) in [6, 6.07) is 0.659. The molecule has 1 fully saturated rings. The molecule has 17 heavy (non-hydrogen) atoms. The maximum atomic E-state index is 11.6. The number of hydrogen-bond donors (Lipinski definition) is 2. The third kappa shape index (κ3) is 6.44. The SMILES string of the molecule is C=CCOCCCC(=O)NC1CCC(N)CC1. The van der Waals surface area contributed by atoms with Crippen LogP contribution >= 0.6 is 0 Å². The fourth-order valence-corrected chi connectivity index (χ4v) is 2.06. The van der Waals surface area contributed by atoms with Gasteiger partial charge in [0, 0.05) is 25.1 Å². The van der Waals surface area contributed by atoms with Gasteiger partial charge < -0.3 is 15.8 Å². The van der Waals surface area contributed by atoms with E-state index >= 15 is 0 Å². The molecule has 3 N–H and O–H groups in total. The van der Waals surface area contributed by atoms with Crippen LogP contribution in [0, 0.1) is 0 Å². The predicted octanol–water partition coefficient (Wildman–Crippen LogP) is 1.36. The lowest BCUT2D eigenvalue weighted by Gasteiger charge is -2.26. The molecule has 0 saturated heterocycles. The van der Waals surface area contributed by atoms with E-state index in [1.165, 1.54) is 0 Å². The second-order valence-electron chi connectivity index (χ2n) is 4.65. The van der Waals surface area contributed by atoms with Crippen molar-refractivity contribution in [1.29, 1.82) is 0 Å². The smallest absolute Gasteiger partial charge is 0.220 e. The monoisotopic (exact) mass is 240 g/mol. The van der Waals surface area contributed by atoms with Crippen molar-refractivity contribution in [3.63, 3.8) is 0 Å². The molecule has 0 spiro atoms. The zero-order valence-corrected chi connectivity index (χ0v) is 10.5. The minimum atomic E-state index is 0.132. The largest absolute Gasteiger partial charge is 0.377 e. The number of carbonyl (C=O) groups excluding carboxylic acids is 1. The van der Waals surface area contributed by atoms with Crippen molar-refractivity contribution >= 4 is 5.91 Å². The Morgan fingerprint density at radius 2 is 2.12 bits per heavy atom. The van der Waals surface area contributed by atoms with E-state index < -0.39 is 0 Å². The molecule has 1 aliphatic carbocycles. The van der Waals surface area contributed by atoms with Crippen LogP contribution < -0.4 is 11.1 Å². The van der Waals surface area contributed by atoms with E-state index in [0.29, 0.717) is 31.7 Å². The van der Waals surface area contributed by atoms with Crippen molar-refractivity contribution in [2.45, 2.75) is 50.6 Å². The molecule has 0 unspecified atom stereocenters. The Hall–Kier alpha value is -0.870. The summed E-state index contributed by atoms with van der Waals surface area (Å²) in [7, 11) is 0. The maximum Gasteiger partial charge on any atom is 0.220 e. The van der Waals surface area contributed by atoms with Crippen molar-refractivity contribution in [3.8, 4) is 0 Å². The molecule has 4 nitrogen and oxygen atoms in total. The molecule has 4 heteroatoms. The second kappa shape index (κ2) is 8.25. The first-order chi connectivity index (χ1) is 8.22. The highest BCUT2D eigenvalue weighted by Crippen LogP contribution is 2.16. The van der Waals surface area contributed by atoms with Gasteiger partial charge in [0.05, 0.1) is 6.61 Å². The summed E-state index contributed by atoms with van der Waals surface area (Å²) in [6.45, 7) is 4.74. The molecule has 0 aliphatic heterocycles. The van der Waals surface area contributed by atoms with Gasteiger partial charge in [0.2, 0.25) is 5.91 Å². The van der Waals surface area contributed by atoms with Crippen LogP contribution in [0.1, 0.15) is 38.5 Å².